The number of hydrogen-bond acceptors (Lipinski definition) is 3. The van der Waals surface area contributed by atoms with Crippen LogP contribution >= 0.6 is 0 Å². The number of carbonyl (C=O) groups excluding carboxylic acids is 1. The number of aromatic nitrogens is 3. The van der Waals surface area contributed by atoms with Crippen LogP contribution in [0.4, 0.5) is 14.5 Å². The predicted molar refractivity (Wildman–Crippen MR) is 89.1 cm³/mol. The molecule has 2 aromatic carbocycles. The van der Waals surface area contributed by atoms with Crippen molar-refractivity contribution in [1.29, 1.82) is 0 Å². The SMILES string of the molecule is Cc1ccc(Cc2nc(CC(=O)Nc3cc(F)ccc3F)n[nH]2)cc1. The van der Waals surface area contributed by atoms with Gasteiger partial charge in [-0.3, -0.25) is 9.89 Å². The van der Waals surface area contributed by atoms with Crippen molar-refractivity contribution in [2.45, 2.75) is 19.8 Å². The number of hydrogen-bond donors (Lipinski definition) is 2. The van der Waals surface area contributed by atoms with Crippen molar-refractivity contribution in [3.05, 3.63) is 76.9 Å². The molecule has 3 rings (SSSR count). The van der Waals surface area contributed by atoms with E-state index in [1.54, 1.807) is 0 Å². The van der Waals surface area contributed by atoms with Crippen LogP contribution in [0, 0.1) is 18.6 Å². The minimum Gasteiger partial charge on any atom is -0.323 e. The summed E-state index contributed by atoms with van der Waals surface area (Å²) in [5.41, 5.74) is 2.03. The summed E-state index contributed by atoms with van der Waals surface area (Å²) in [6.45, 7) is 2.01. The minimum absolute atomic E-state index is 0.139. The monoisotopic (exact) mass is 342 g/mol. The minimum atomic E-state index is -0.704. The highest BCUT2D eigenvalue weighted by Crippen LogP contribution is 2.15. The van der Waals surface area contributed by atoms with Crippen molar-refractivity contribution in [3.8, 4) is 0 Å². The van der Waals surface area contributed by atoms with E-state index in [0.29, 0.717) is 12.2 Å². The molecule has 0 fully saturated rings. The first-order chi connectivity index (χ1) is 12.0. The van der Waals surface area contributed by atoms with E-state index >= 15 is 0 Å². The lowest BCUT2D eigenvalue weighted by Crippen LogP contribution is -2.16. The zero-order chi connectivity index (χ0) is 17.8. The number of nitrogens with zero attached hydrogens (tertiary/aromatic N) is 2. The number of halogens is 2. The summed E-state index contributed by atoms with van der Waals surface area (Å²) in [4.78, 5) is 16.2. The van der Waals surface area contributed by atoms with Crippen LogP contribution in [0.1, 0.15) is 22.8 Å². The number of aromatic amines is 1. The van der Waals surface area contributed by atoms with Crippen molar-refractivity contribution >= 4 is 11.6 Å². The second-order valence-electron chi connectivity index (χ2n) is 5.71. The highest BCUT2D eigenvalue weighted by molar-refractivity contribution is 5.91. The highest BCUT2D eigenvalue weighted by atomic mass is 19.1. The van der Waals surface area contributed by atoms with E-state index in [1.807, 2.05) is 31.2 Å². The molecule has 0 aliphatic rings. The van der Waals surface area contributed by atoms with Gasteiger partial charge >= 0.3 is 0 Å². The molecule has 0 unspecified atom stereocenters. The zero-order valence-corrected chi connectivity index (χ0v) is 13.5. The molecular weight excluding hydrogens is 326 g/mol. The first-order valence-corrected chi connectivity index (χ1v) is 7.70. The average molecular weight is 342 g/mol. The summed E-state index contributed by atoms with van der Waals surface area (Å²) in [6.07, 6.45) is 0.424. The van der Waals surface area contributed by atoms with Gasteiger partial charge in [-0.15, -0.1) is 0 Å². The van der Waals surface area contributed by atoms with Crippen molar-refractivity contribution < 1.29 is 13.6 Å². The molecule has 0 bridgehead atoms. The van der Waals surface area contributed by atoms with Crippen LogP contribution < -0.4 is 5.32 Å². The second-order valence-corrected chi connectivity index (χ2v) is 5.71. The molecule has 0 saturated heterocycles. The topological polar surface area (TPSA) is 70.7 Å². The van der Waals surface area contributed by atoms with Crippen molar-refractivity contribution in [3.63, 3.8) is 0 Å². The van der Waals surface area contributed by atoms with Gasteiger partial charge in [0.1, 0.15) is 17.5 Å². The zero-order valence-electron chi connectivity index (χ0n) is 13.5. The Bertz CT molecular complexity index is 890. The summed E-state index contributed by atoms with van der Waals surface area (Å²) >= 11 is 0. The van der Waals surface area contributed by atoms with Crippen LogP contribution in [0.5, 0.6) is 0 Å². The normalized spacial score (nSPS) is 10.7. The Kier molecular flexibility index (Phi) is 4.83. The molecule has 0 radical (unpaired) electrons. The van der Waals surface area contributed by atoms with E-state index < -0.39 is 17.5 Å². The lowest BCUT2D eigenvalue weighted by atomic mass is 10.1. The van der Waals surface area contributed by atoms with E-state index in [4.69, 9.17) is 0 Å². The van der Waals surface area contributed by atoms with Gasteiger partial charge in [-0.2, -0.15) is 5.10 Å². The van der Waals surface area contributed by atoms with Crippen molar-refractivity contribution in [2.75, 3.05) is 5.32 Å². The Hall–Kier alpha value is -3.09. The number of aryl methyl sites for hydroxylation is 1. The third-order valence-electron chi connectivity index (χ3n) is 3.59. The van der Waals surface area contributed by atoms with Crippen LogP contribution in [-0.2, 0) is 17.6 Å². The number of nitrogens with one attached hydrogen (secondary N) is 2. The maximum absolute atomic E-state index is 13.5. The Balaban J connectivity index is 1.61. The largest absolute Gasteiger partial charge is 0.323 e. The van der Waals surface area contributed by atoms with Gasteiger partial charge in [0, 0.05) is 12.5 Å². The lowest BCUT2D eigenvalue weighted by molar-refractivity contribution is -0.115. The van der Waals surface area contributed by atoms with E-state index in [2.05, 4.69) is 20.5 Å². The first-order valence-electron chi connectivity index (χ1n) is 7.70. The standard InChI is InChI=1S/C18H16F2N4O/c1-11-2-4-12(5-3-11)8-16-22-17(24-23-16)10-18(25)21-15-9-13(19)6-7-14(15)20/h2-7,9H,8,10H2,1H3,(H,21,25)(H,22,23,24). The molecular formula is C18H16F2N4O. The summed E-state index contributed by atoms with van der Waals surface area (Å²) in [6, 6.07) is 10.9. The Labute approximate surface area is 143 Å². The van der Waals surface area contributed by atoms with Gasteiger partial charge in [0.2, 0.25) is 5.91 Å². The molecule has 1 heterocycles. The van der Waals surface area contributed by atoms with Gasteiger partial charge in [-0.05, 0) is 24.6 Å². The van der Waals surface area contributed by atoms with E-state index in [-0.39, 0.29) is 17.9 Å². The number of anilines is 1. The summed E-state index contributed by atoms with van der Waals surface area (Å²) in [5.74, 6) is -0.940. The molecule has 1 amide bonds. The molecule has 128 valence electrons. The quantitative estimate of drug-likeness (QED) is 0.748. The van der Waals surface area contributed by atoms with Crippen LogP contribution in [-0.4, -0.2) is 21.1 Å². The molecule has 2 N–H and O–H groups in total. The van der Waals surface area contributed by atoms with Crippen LogP contribution in [0.2, 0.25) is 0 Å². The second kappa shape index (κ2) is 7.21. The van der Waals surface area contributed by atoms with Crippen LogP contribution in [0.15, 0.2) is 42.5 Å². The fourth-order valence-electron chi connectivity index (χ4n) is 2.32. The first kappa shape index (κ1) is 16.8. The fraction of sp³-hybridized carbons (Fsp3) is 0.167. The predicted octanol–water partition coefficient (Wildman–Crippen LogP) is 3.16. The highest BCUT2D eigenvalue weighted by Gasteiger charge is 2.12. The maximum atomic E-state index is 13.5. The Morgan fingerprint density at radius 2 is 1.92 bits per heavy atom. The van der Waals surface area contributed by atoms with Gasteiger partial charge in [0.25, 0.3) is 0 Å². The molecule has 7 heteroatoms. The third kappa shape index (κ3) is 4.47. The van der Waals surface area contributed by atoms with Gasteiger partial charge in [-0.25, -0.2) is 13.8 Å². The van der Waals surface area contributed by atoms with Gasteiger partial charge in [0.15, 0.2) is 5.82 Å². The van der Waals surface area contributed by atoms with E-state index in [9.17, 15) is 13.6 Å². The summed E-state index contributed by atoms with van der Waals surface area (Å²) in [7, 11) is 0. The summed E-state index contributed by atoms with van der Waals surface area (Å²) < 4.78 is 26.6. The van der Waals surface area contributed by atoms with Gasteiger partial charge < -0.3 is 5.32 Å². The molecule has 0 spiro atoms. The van der Waals surface area contributed by atoms with E-state index in [0.717, 1.165) is 23.8 Å². The smallest absolute Gasteiger partial charge is 0.232 e. The van der Waals surface area contributed by atoms with Crippen molar-refractivity contribution in [2.24, 2.45) is 0 Å². The molecule has 0 aliphatic carbocycles. The number of rotatable bonds is 5. The number of H-pyrrole nitrogens is 1. The van der Waals surface area contributed by atoms with Crippen molar-refractivity contribution in [1.82, 2.24) is 15.2 Å². The molecule has 0 aliphatic heterocycles. The van der Waals surface area contributed by atoms with Gasteiger partial charge in [0.05, 0.1) is 12.1 Å². The molecule has 1 aromatic heterocycles. The summed E-state index contributed by atoms with van der Waals surface area (Å²) in [5, 5.41) is 9.09. The van der Waals surface area contributed by atoms with E-state index in [1.165, 1.54) is 5.56 Å². The molecule has 5 nitrogen and oxygen atoms in total. The number of amides is 1. The van der Waals surface area contributed by atoms with Crippen LogP contribution in [0.3, 0.4) is 0 Å². The third-order valence-corrected chi connectivity index (χ3v) is 3.59. The molecule has 25 heavy (non-hydrogen) atoms. The molecule has 0 saturated carbocycles. The molecule has 0 atom stereocenters. The number of carbonyl (C=O) groups is 1. The van der Waals surface area contributed by atoms with Gasteiger partial charge in [-0.1, -0.05) is 29.8 Å². The average Bonchev–Trinajstić information content (AvgIpc) is 3.00. The molecule has 3 aromatic rings. The maximum Gasteiger partial charge on any atom is 0.232 e. The Morgan fingerprint density at radius 3 is 2.68 bits per heavy atom. The lowest BCUT2D eigenvalue weighted by Gasteiger charge is -2.05. The fourth-order valence-corrected chi connectivity index (χ4v) is 2.32. The van der Waals surface area contributed by atoms with Crippen LogP contribution in [0.25, 0.3) is 0 Å². The Morgan fingerprint density at radius 1 is 1.16 bits per heavy atom. The number of benzene rings is 2.